The zero-order valence-corrected chi connectivity index (χ0v) is 14.0. The van der Waals surface area contributed by atoms with E-state index in [1.165, 1.54) is 6.20 Å². The van der Waals surface area contributed by atoms with E-state index in [1.807, 2.05) is 0 Å². The van der Waals surface area contributed by atoms with Crippen LogP contribution >= 0.6 is 0 Å². The van der Waals surface area contributed by atoms with Gasteiger partial charge in [0.25, 0.3) is 5.91 Å². The second-order valence-corrected chi connectivity index (χ2v) is 6.77. The maximum Gasteiger partial charge on any atom is 0.433 e. The number of aromatic nitrogens is 3. The first kappa shape index (κ1) is 17.6. The Hall–Kier alpha value is -2.78. The Morgan fingerprint density at radius 2 is 1.81 bits per heavy atom. The number of hydrogen-bond donors (Lipinski definition) is 0. The van der Waals surface area contributed by atoms with Crippen LogP contribution in [0.15, 0.2) is 30.7 Å². The molecule has 2 saturated heterocycles. The normalized spacial score (nSPS) is 22.2. The highest BCUT2D eigenvalue weighted by atomic mass is 19.4. The molecule has 0 bridgehead atoms. The predicted molar refractivity (Wildman–Crippen MR) is 86.3 cm³/mol. The molecule has 2 aromatic heterocycles. The fraction of sp³-hybridized carbons (Fsp3) is 0.412. The van der Waals surface area contributed by atoms with Crippen LogP contribution in [-0.4, -0.2) is 51.9 Å². The van der Waals surface area contributed by atoms with E-state index in [0.717, 1.165) is 24.5 Å². The number of anilines is 1. The quantitative estimate of drug-likeness (QED) is 0.747. The zero-order valence-electron chi connectivity index (χ0n) is 14.0. The first-order valence-corrected chi connectivity index (χ1v) is 8.36. The number of carbonyl (C=O) groups excluding carboxylic acids is 1. The predicted octanol–water partition coefficient (Wildman–Crippen LogP) is 2.24. The largest absolute Gasteiger partial charge is 0.433 e. The molecular formula is C17H15F4N5O. The first-order chi connectivity index (χ1) is 12.8. The molecule has 0 saturated carbocycles. The molecule has 0 aliphatic carbocycles. The molecule has 0 spiro atoms. The van der Waals surface area contributed by atoms with E-state index in [4.69, 9.17) is 0 Å². The molecule has 2 aliphatic rings. The summed E-state index contributed by atoms with van der Waals surface area (Å²) in [6.45, 7) is 1.85. The van der Waals surface area contributed by atoms with Crippen molar-refractivity contribution >= 4 is 11.9 Å². The molecule has 4 heterocycles. The zero-order chi connectivity index (χ0) is 19.2. The summed E-state index contributed by atoms with van der Waals surface area (Å²) in [7, 11) is 0. The Bertz CT molecular complexity index is 860. The highest BCUT2D eigenvalue weighted by Gasteiger charge is 2.43. The Kier molecular flexibility index (Phi) is 4.20. The van der Waals surface area contributed by atoms with Crippen molar-refractivity contribution in [3.8, 4) is 0 Å². The van der Waals surface area contributed by atoms with Gasteiger partial charge in [0.15, 0.2) is 0 Å². The Morgan fingerprint density at radius 3 is 2.44 bits per heavy atom. The lowest BCUT2D eigenvalue weighted by molar-refractivity contribution is -0.141. The summed E-state index contributed by atoms with van der Waals surface area (Å²) >= 11 is 0. The summed E-state index contributed by atoms with van der Waals surface area (Å²) in [5, 5.41) is 0. The van der Waals surface area contributed by atoms with Crippen LogP contribution in [0.3, 0.4) is 0 Å². The maximum absolute atomic E-state index is 13.3. The van der Waals surface area contributed by atoms with Crippen molar-refractivity contribution in [2.75, 3.05) is 31.1 Å². The summed E-state index contributed by atoms with van der Waals surface area (Å²) in [6.07, 6.45) is -1.06. The van der Waals surface area contributed by atoms with Gasteiger partial charge in [-0.1, -0.05) is 0 Å². The fourth-order valence-electron chi connectivity index (χ4n) is 3.69. The van der Waals surface area contributed by atoms with Crippen molar-refractivity contribution < 1.29 is 22.4 Å². The SMILES string of the molecule is O=C(c1cncc(F)c1)N1CC2CN(c3nccc(C(F)(F)F)n3)CC2C1. The van der Waals surface area contributed by atoms with Crippen LogP contribution in [0, 0.1) is 17.7 Å². The molecule has 2 fully saturated rings. The molecule has 2 unspecified atom stereocenters. The minimum absolute atomic E-state index is 0.0476. The standard InChI is InChI=1S/C17H15F4N5O/c18-13-3-10(4-22-5-13)15(27)25-6-11-8-26(9-12(11)7-25)16-23-2-1-14(24-16)17(19,20)21/h1-5,11-12H,6-9H2. The summed E-state index contributed by atoms with van der Waals surface area (Å²) in [5.41, 5.74) is -0.784. The van der Waals surface area contributed by atoms with Crippen LogP contribution in [0.4, 0.5) is 23.5 Å². The average Bonchev–Trinajstić information content (AvgIpc) is 3.19. The van der Waals surface area contributed by atoms with Crippen molar-refractivity contribution in [3.63, 3.8) is 0 Å². The molecule has 142 valence electrons. The summed E-state index contributed by atoms with van der Waals surface area (Å²) in [6, 6.07) is 1.99. The van der Waals surface area contributed by atoms with Crippen molar-refractivity contribution in [1.82, 2.24) is 19.9 Å². The van der Waals surface area contributed by atoms with E-state index < -0.39 is 17.7 Å². The third-order valence-electron chi connectivity index (χ3n) is 4.94. The monoisotopic (exact) mass is 381 g/mol. The minimum Gasteiger partial charge on any atom is -0.340 e. The minimum atomic E-state index is -4.52. The number of likely N-dealkylation sites (tertiary alicyclic amines) is 1. The molecule has 2 aliphatic heterocycles. The van der Waals surface area contributed by atoms with Gasteiger partial charge in [-0.3, -0.25) is 9.78 Å². The molecule has 10 heteroatoms. The number of pyridine rings is 1. The van der Waals surface area contributed by atoms with Crippen LogP contribution in [0.2, 0.25) is 0 Å². The lowest BCUT2D eigenvalue weighted by atomic mass is 10.0. The van der Waals surface area contributed by atoms with Gasteiger partial charge in [-0.15, -0.1) is 0 Å². The molecule has 1 amide bonds. The summed E-state index contributed by atoms with van der Waals surface area (Å²) in [4.78, 5) is 27.1. The molecule has 0 radical (unpaired) electrons. The van der Waals surface area contributed by atoms with Gasteiger partial charge in [0.1, 0.15) is 11.5 Å². The number of rotatable bonds is 2. The third kappa shape index (κ3) is 3.43. The fourth-order valence-corrected chi connectivity index (χ4v) is 3.69. The van der Waals surface area contributed by atoms with E-state index in [0.29, 0.717) is 26.2 Å². The van der Waals surface area contributed by atoms with Crippen molar-refractivity contribution in [1.29, 1.82) is 0 Å². The maximum atomic E-state index is 13.3. The molecule has 0 aromatic carbocycles. The van der Waals surface area contributed by atoms with Gasteiger partial charge in [-0.25, -0.2) is 14.4 Å². The van der Waals surface area contributed by atoms with Gasteiger partial charge >= 0.3 is 6.18 Å². The number of carbonyl (C=O) groups is 1. The number of halogens is 4. The third-order valence-corrected chi connectivity index (χ3v) is 4.94. The Balaban J connectivity index is 1.44. The van der Waals surface area contributed by atoms with Gasteiger partial charge in [0, 0.05) is 50.4 Å². The molecule has 27 heavy (non-hydrogen) atoms. The Labute approximate surface area is 151 Å². The molecule has 2 atom stereocenters. The number of alkyl halides is 3. The highest BCUT2D eigenvalue weighted by molar-refractivity contribution is 5.94. The van der Waals surface area contributed by atoms with E-state index in [1.54, 1.807) is 9.80 Å². The Morgan fingerprint density at radius 1 is 1.11 bits per heavy atom. The number of fused-ring (bicyclic) bond motifs is 1. The van der Waals surface area contributed by atoms with Gasteiger partial charge in [0.2, 0.25) is 5.95 Å². The molecule has 4 rings (SSSR count). The number of amides is 1. The molecular weight excluding hydrogens is 366 g/mol. The van der Waals surface area contributed by atoms with Crippen LogP contribution in [0.25, 0.3) is 0 Å². The van der Waals surface area contributed by atoms with Crippen LogP contribution in [0.5, 0.6) is 0 Å². The van der Waals surface area contributed by atoms with Crippen LogP contribution in [-0.2, 0) is 6.18 Å². The summed E-state index contributed by atoms with van der Waals surface area (Å²) < 4.78 is 51.8. The lowest BCUT2D eigenvalue weighted by Crippen LogP contribution is -2.34. The van der Waals surface area contributed by atoms with E-state index >= 15 is 0 Å². The van der Waals surface area contributed by atoms with Gasteiger partial charge in [-0.05, 0) is 12.1 Å². The second-order valence-electron chi connectivity index (χ2n) is 6.77. The van der Waals surface area contributed by atoms with Crippen molar-refractivity contribution in [2.45, 2.75) is 6.18 Å². The second kappa shape index (κ2) is 6.43. The average molecular weight is 381 g/mol. The van der Waals surface area contributed by atoms with E-state index in [-0.39, 0.29) is 29.3 Å². The first-order valence-electron chi connectivity index (χ1n) is 8.36. The topological polar surface area (TPSA) is 62.2 Å². The lowest BCUT2D eigenvalue weighted by Gasteiger charge is -2.22. The van der Waals surface area contributed by atoms with Gasteiger partial charge in [-0.2, -0.15) is 13.2 Å². The van der Waals surface area contributed by atoms with Crippen molar-refractivity contribution in [2.24, 2.45) is 11.8 Å². The van der Waals surface area contributed by atoms with E-state index in [2.05, 4.69) is 15.0 Å². The smallest absolute Gasteiger partial charge is 0.340 e. The van der Waals surface area contributed by atoms with Crippen LogP contribution < -0.4 is 4.90 Å². The highest BCUT2D eigenvalue weighted by Crippen LogP contribution is 2.34. The van der Waals surface area contributed by atoms with Gasteiger partial charge in [0.05, 0.1) is 11.8 Å². The number of nitrogens with zero attached hydrogens (tertiary/aromatic N) is 5. The van der Waals surface area contributed by atoms with E-state index in [9.17, 15) is 22.4 Å². The molecule has 0 N–H and O–H groups in total. The van der Waals surface area contributed by atoms with Crippen molar-refractivity contribution in [3.05, 3.63) is 47.8 Å². The van der Waals surface area contributed by atoms with Gasteiger partial charge < -0.3 is 9.80 Å². The summed E-state index contributed by atoms with van der Waals surface area (Å²) in [5.74, 6) is -0.611. The number of hydrogen-bond acceptors (Lipinski definition) is 5. The van der Waals surface area contributed by atoms with Crippen LogP contribution in [0.1, 0.15) is 16.1 Å². The molecule has 2 aromatic rings. The molecule has 6 nitrogen and oxygen atoms in total.